The first-order valence-electron chi connectivity index (χ1n) is 7.15. The first-order valence-corrected chi connectivity index (χ1v) is 7.15. The van der Waals surface area contributed by atoms with Crippen molar-refractivity contribution >= 4 is 0 Å². The third kappa shape index (κ3) is 2.19. The number of hydrogen-bond donors (Lipinski definition) is 4. The Morgan fingerprint density at radius 3 is 2.48 bits per heavy atom. The second kappa shape index (κ2) is 4.84. The van der Waals surface area contributed by atoms with E-state index in [4.69, 9.17) is 15.2 Å². The summed E-state index contributed by atoms with van der Waals surface area (Å²) in [5.41, 5.74) is 6.31. The number of benzene rings is 1. The van der Waals surface area contributed by atoms with Crippen molar-refractivity contribution in [3.8, 4) is 11.5 Å². The first-order chi connectivity index (χ1) is 9.86. The average molecular weight is 295 g/mol. The predicted octanol–water partition coefficient (Wildman–Crippen LogP) is 0.928. The van der Waals surface area contributed by atoms with Crippen LogP contribution in [-0.4, -0.2) is 39.9 Å². The number of fused-ring (bicyclic) bond motifs is 1. The number of ether oxygens (including phenoxy) is 2. The summed E-state index contributed by atoms with van der Waals surface area (Å²) in [7, 11) is 0. The van der Waals surface area contributed by atoms with E-state index < -0.39 is 17.4 Å². The van der Waals surface area contributed by atoms with E-state index in [1.54, 1.807) is 6.92 Å². The zero-order chi connectivity index (χ0) is 15.3. The van der Waals surface area contributed by atoms with Gasteiger partial charge in [-0.05, 0) is 31.9 Å². The van der Waals surface area contributed by atoms with Gasteiger partial charge >= 0.3 is 0 Å². The molecular weight excluding hydrogens is 274 g/mol. The minimum atomic E-state index is -1.03. The first kappa shape index (κ1) is 14.6. The zero-order valence-corrected chi connectivity index (χ0v) is 12.0. The molecule has 2 unspecified atom stereocenters. The van der Waals surface area contributed by atoms with Gasteiger partial charge in [0.1, 0.15) is 11.5 Å². The predicted molar refractivity (Wildman–Crippen MR) is 74.9 cm³/mol. The largest absolute Gasteiger partial charge is 0.508 e. The lowest BCUT2D eigenvalue weighted by molar-refractivity contribution is -0.294. The molecule has 0 saturated carbocycles. The summed E-state index contributed by atoms with van der Waals surface area (Å²) < 4.78 is 11.5. The molecule has 0 amide bonds. The second-order valence-electron chi connectivity index (χ2n) is 6.05. The van der Waals surface area contributed by atoms with Crippen LogP contribution in [0.4, 0.5) is 0 Å². The van der Waals surface area contributed by atoms with E-state index in [1.807, 2.05) is 0 Å². The van der Waals surface area contributed by atoms with Crippen molar-refractivity contribution in [3.05, 3.63) is 23.3 Å². The highest BCUT2D eigenvalue weighted by molar-refractivity contribution is 5.51. The minimum Gasteiger partial charge on any atom is -0.508 e. The SMILES string of the molecule is CC1(C2(N)Cc3c(O)ccc(O)c3C(O)C2)OCCCO1. The van der Waals surface area contributed by atoms with Gasteiger partial charge in [0, 0.05) is 17.5 Å². The van der Waals surface area contributed by atoms with Crippen molar-refractivity contribution in [3.63, 3.8) is 0 Å². The molecule has 1 saturated heterocycles. The maximum atomic E-state index is 10.4. The smallest absolute Gasteiger partial charge is 0.183 e. The highest BCUT2D eigenvalue weighted by Crippen LogP contribution is 2.47. The molecule has 0 bridgehead atoms. The van der Waals surface area contributed by atoms with Crippen LogP contribution in [0.2, 0.25) is 0 Å². The monoisotopic (exact) mass is 295 g/mol. The Bertz CT molecular complexity index is 555. The zero-order valence-electron chi connectivity index (χ0n) is 12.0. The Morgan fingerprint density at radius 1 is 1.19 bits per heavy atom. The highest BCUT2D eigenvalue weighted by atomic mass is 16.7. The van der Waals surface area contributed by atoms with E-state index in [1.165, 1.54) is 12.1 Å². The lowest BCUT2D eigenvalue weighted by atomic mass is 9.72. The number of phenols is 2. The van der Waals surface area contributed by atoms with E-state index in [0.717, 1.165) is 6.42 Å². The van der Waals surface area contributed by atoms with Gasteiger partial charge < -0.3 is 30.5 Å². The molecule has 1 heterocycles. The average Bonchev–Trinajstić information content (AvgIpc) is 2.43. The maximum Gasteiger partial charge on any atom is 0.183 e. The van der Waals surface area contributed by atoms with Crippen LogP contribution >= 0.6 is 0 Å². The molecule has 1 aliphatic heterocycles. The maximum absolute atomic E-state index is 10.4. The van der Waals surface area contributed by atoms with E-state index in [0.29, 0.717) is 24.3 Å². The fraction of sp³-hybridized carbons (Fsp3) is 0.600. The van der Waals surface area contributed by atoms with Gasteiger partial charge in [-0.15, -0.1) is 0 Å². The standard InChI is InChI=1S/C15H21NO5/c1-14(20-5-2-6-21-14)15(16)7-9-10(17)3-4-11(18)13(9)12(19)8-15/h3-4,12,17-19H,2,5-8,16H2,1H3. The molecule has 0 spiro atoms. The Balaban J connectivity index is 2.03. The van der Waals surface area contributed by atoms with Gasteiger partial charge in [0.15, 0.2) is 5.79 Å². The van der Waals surface area contributed by atoms with Gasteiger partial charge in [0.2, 0.25) is 0 Å². The quantitative estimate of drug-likeness (QED) is 0.574. The van der Waals surface area contributed by atoms with E-state index in [-0.39, 0.29) is 24.3 Å². The summed E-state index contributed by atoms with van der Waals surface area (Å²) in [4.78, 5) is 0. The lowest BCUT2D eigenvalue weighted by Crippen LogP contribution is -2.66. The summed E-state index contributed by atoms with van der Waals surface area (Å²) >= 11 is 0. The molecule has 5 N–H and O–H groups in total. The van der Waals surface area contributed by atoms with Gasteiger partial charge in [-0.1, -0.05) is 0 Å². The lowest BCUT2D eigenvalue weighted by Gasteiger charge is -2.50. The van der Waals surface area contributed by atoms with Crippen molar-refractivity contribution in [2.24, 2.45) is 5.73 Å². The number of phenolic OH excluding ortho intramolecular Hbond substituents is 2. The molecule has 6 heteroatoms. The Labute approximate surface area is 123 Å². The number of rotatable bonds is 1. The number of hydrogen-bond acceptors (Lipinski definition) is 6. The molecule has 3 rings (SSSR count). The molecule has 1 aliphatic carbocycles. The van der Waals surface area contributed by atoms with Crippen LogP contribution in [0.3, 0.4) is 0 Å². The number of nitrogens with two attached hydrogens (primary N) is 1. The molecule has 21 heavy (non-hydrogen) atoms. The third-order valence-corrected chi connectivity index (χ3v) is 4.64. The summed E-state index contributed by atoms with van der Waals surface area (Å²) in [5.74, 6) is -1.05. The molecule has 1 aromatic carbocycles. The van der Waals surface area contributed by atoms with Crippen molar-refractivity contribution in [1.82, 2.24) is 0 Å². The van der Waals surface area contributed by atoms with Crippen molar-refractivity contribution < 1.29 is 24.8 Å². The van der Waals surface area contributed by atoms with Crippen molar-refractivity contribution in [1.29, 1.82) is 0 Å². The van der Waals surface area contributed by atoms with Crippen LogP contribution in [0.15, 0.2) is 12.1 Å². The molecule has 1 fully saturated rings. The molecule has 1 aromatic rings. The number of aliphatic hydroxyl groups is 1. The minimum absolute atomic E-state index is 0.00999. The van der Waals surface area contributed by atoms with Gasteiger partial charge in [0.25, 0.3) is 0 Å². The third-order valence-electron chi connectivity index (χ3n) is 4.64. The molecule has 116 valence electrons. The summed E-state index contributed by atoms with van der Waals surface area (Å²) in [6, 6.07) is 2.77. The number of aromatic hydroxyl groups is 2. The van der Waals surface area contributed by atoms with Crippen molar-refractivity contribution in [2.45, 2.75) is 43.6 Å². The van der Waals surface area contributed by atoms with Crippen molar-refractivity contribution in [2.75, 3.05) is 13.2 Å². The molecule has 2 aliphatic rings. The topological polar surface area (TPSA) is 105 Å². The van der Waals surface area contributed by atoms with Gasteiger partial charge in [-0.25, -0.2) is 0 Å². The Kier molecular flexibility index (Phi) is 3.37. The molecule has 6 nitrogen and oxygen atoms in total. The summed E-state index contributed by atoms with van der Waals surface area (Å²) in [6.45, 7) is 2.86. The van der Waals surface area contributed by atoms with Gasteiger partial charge in [-0.2, -0.15) is 0 Å². The van der Waals surface area contributed by atoms with Gasteiger partial charge in [0.05, 0.1) is 24.9 Å². The Morgan fingerprint density at radius 2 is 1.81 bits per heavy atom. The van der Waals surface area contributed by atoms with Crippen LogP contribution < -0.4 is 5.73 Å². The molecule has 0 aromatic heterocycles. The van der Waals surface area contributed by atoms with E-state index in [9.17, 15) is 15.3 Å². The molecule has 0 radical (unpaired) electrons. The Hall–Kier alpha value is -1.34. The van der Waals surface area contributed by atoms with E-state index >= 15 is 0 Å². The van der Waals surface area contributed by atoms with Crippen LogP contribution in [0, 0.1) is 0 Å². The fourth-order valence-electron chi connectivity index (χ4n) is 3.30. The normalized spacial score (nSPS) is 31.7. The second-order valence-corrected chi connectivity index (χ2v) is 6.05. The van der Waals surface area contributed by atoms with Crippen LogP contribution in [-0.2, 0) is 15.9 Å². The summed E-state index contributed by atoms with van der Waals surface area (Å²) in [5, 5.41) is 30.4. The van der Waals surface area contributed by atoms with Gasteiger partial charge in [-0.3, -0.25) is 0 Å². The fourth-order valence-corrected chi connectivity index (χ4v) is 3.30. The van der Waals surface area contributed by atoms with Crippen LogP contribution in [0.1, 0.15) is 37.0 Å². The van der Waals surface area contributed by atoms with Crippen LogP contribution in [0.25, 0.3) is 0 Å². The number of aliphatic hydroxyl groups excluding tert-OH is 1. The molecule has 2 atom stereocenters. The summed E-state index contributed by atoms with van der Waals surface area (Å²) in [6.07, 6.45) is 0.275. The van der Waals surface area contributed by atoms with Crippen LogP contribution in [0.5, 0.6) is 11.5 Å². The van der Waals surface area contributed by atoms with E-state index in [2.05, 4.69) is 0 Å². The molecular formula is C15H21NO5. The highest BCUT2D eigenvalue weighted by Gasteiger charge is 2.53.